The maximum absolute atomic E-state index is 10.8. The molecular formula is C15H17NO. The Hall–Kier alpha value is -1.64. The molecule has 0 saturated heterocycles. The molecule has 0 saturated carbocycles. The maximum Gasteiger partial charge on any atom is 0.109 e. The Labute approximate surface area is 102 Å². The second kappa shape index (κ2) is 4.70. The molecule has 0 amide bonds. The molecule has 2 rings (SSSR count). The Balaban J connectivity index is 2.28. The van der Waals surface area contributed by atoms with Gasteiger partial charge in [-0.05, 0) is 36.6 Å². The molecule has 0 radical (unpaired) electrons. The van der Waals surface area contributed by atoms with Crippen LogP contribution in [0.3, 0.4) is 0 Å². The lowest BCUT2D eigenvalue weighted by molar-refractivity contribution is -0.649. The van der Waals surface area contributed by atoms with Crippen molar-refractivity contribution in [2.45, 2.75) is 19.4 Å². The summed E-state index contributed by atoms with van der Waals surface area (Å²) in [5.74, 6) is 0. The third-order valence-electron chi connectivity index (χ3n) is 2.80. The van der Waals surface area contributed by atoms with E-state index in [1.54, 1.807) is 0 Å². The van der Waals surface area contributed by atoms with Crippen molar-refractivity contribution in [1.29, 1.82) is 0 Å². The van der Waals surface area contributed by atoms with Gasteiger partial charge < -0.3 is 10.7 Å². The van der Waals surface area contributed by atoms with Gasteiger partial charge in [-0.15, -0.1) is 0 Å². The second-order valence-corrected chi connectivity index (χ2v) is 4.88. The molecule has 0 aromatic carbocycles. The largest absolute Gasteiger partial charge is 0.635 e. The summed E-state index contributed by atoms with van der Waals surface area (Å²) < 4.78 is 0. The highest BCUT2D eigenvalue weighted by Crippen LogP contribution is 2.22. The van der Waals surface area contributed by atoms with Crippen LogP contribution in [-0.4, -0.2) is 5.54 Å². The zero-order valence-corrected chi connectivity index (χ0v) is 10.2. The van der Waals surface area contributed by atoms with Crippen molar-refractivity contribution in [2.24, 2.45) is 0 Å². The first kappa shape index (κ1) is 11.8. The van der Waals surface area contributed by atoms with Gasteiger partial charge >= 0.3 is 0 Å². The van der Waals surface area contributed by atoms with E-state index in [0.29, 0.717) is 0 Å². The quantitative estimate of drug-likeness (QED) is 0.804. The average Bonchev–Trinajstić information content (AvgIpc) is 2.68. The van der Waals surface area contributed by atoms with Crippen LogP contribution < -0.4 is 5.48 Å². The van der Waals surface area contributed by atoms with Crippen molar-refractivity contribution >= 4 is 6.08 Å². The Morgan fingerprint density at radius 1 is 1.00 bits per heavy atom. The van der Waals surface area contributed by atoms with E-state index in [1.165, 1.54) is 11.1 Å². The minimum absolute atomic E-state index is 0.400. The summed E-state index contributed by atoms with van der Waals surface area (Å²) >= 11 is 0. The van der Waals surface area contributed by atoms with Crippen LogP contribution in [0.2, 0.25) is 0 Å². The summed E-state index contributed by atoms with van der Waals surface area (Å²) in [4.78, 5) is 0. The monoisotopic (exact) mass is 227 g/mol. The molecule has 0 atom stereocenters. The summed E-state index contributed by atoms with van der Waals surface area (Å²) in [6.07, 6.45) is 3.92. The molecule has 17 heavy (non-hydrogen) atoms. The van der Waals surface area contributed by atoms with Gasteiger partial charge in [0, 0.05) is 0 Å². The summed E-state index contributed by atoms with van der Waals surface area (Å²) in [6.45, 7) is 3.80. The number of rotatable bonds is 3. The lowest BCUT2D eigenvalue weighted by Gasteiger charge is -2.20. The van der Waals surface area contributed by atoms with Crippen LogP contribution in [0, 0.1) is 5.21 Å². The van der Waals surface area contributed by atoms with E-state index in [-0.39, 0.29) is 0 Å². The number of hydroxylamine groups is 1. The van der Waals surface area contributed by atoms with Crippen molar-refractivity contribution < 1.29 is 5.48 Å². The van der Waals surface area contributed by atoms with Crippen molar-refractivity contribution in [3.05, 3.63) is 59.3 Å². The van der Waals surface area contributed by atoms with Gasteiger partial charge in [-0.25, -0.2) is 0 Å². The van der Waals surface area contributed by atoms with Gasteiger partial charge in [0.25, 0.3) is 0 Å². The maximum atomic E-state index is 10.8. The first-order chi connectivity index (χ1) is 8.11. The van der Waals surface area contributed by atoms with Gasteiger partial charge in [0.05, 0.1) is 0 Å². The topological polar surface area (TPSA) is 39.7 Å². The van der Waals surface area contributed by atoms with E-state index in [0.717, 1.165) is 11.0 Å². The second-order valence-electron chi connectivity index (χ2n) is 4.88. The van der Waals surface area contributed by atoms with Crippen LogP contribution in [0.25, 0.3) is 17.2 Å². The third-order valence-corrected chi connectivity index (χ3v) is 2.80. The highest BCUT2D eigenvalue weighted by Gasteiger charge is 2.11. The fourth-order valence-corrected chi connectivity index (χ4v) is 1.64. The Morgan fingerprint density at radius 2 is 1.59 bits per heavy atom. The molecule has 2 aliphatic rings. The minimum Gasteiger partial charge on any atom is -0.635 e. The summed E-state index contributed by atoms with van der Waals surface area (Å²) in [6, 6.07) is 14.6. The first-order valence-corrected chi connectivity index (χ1v) is 5.75. The molecule has 0 unspecified atom stereocenters. The number of hydrogen-bond acceptors (Lipinski definition) is 1. The van der Waals surface area contributed by atoms with Gasteiger partial charge in [-0.1, -0.05) is 48.5 Å². The zero-order chi connectivity index (χ0) is 12.3. The number of fused-ring (bicyclic) bond motifs is 1. The SMILES string of the molecule is CC(C)(C=Cc1ccc2cccc-2cc1)[NH2+][O-]. The molecule has 0 fully saturated rings. The molecule has 2 aliphatic carbocycles. The van der Waals surface area contributed by atoms with Crippen LogP contribution in [0.15, 0.2) is 48.5 Å². The van der Waals surface area contributed by atoms with Crippen LogP contribution in [0.4, 0.5) is 0 Å². The molecular weight excluding hydrogens is 210 g/mol. The molecule has 2 nitrogen and oxygen atoms in total. The number of hydrogen-bond donors (Lipinski definition) is 1. The molecule has 0 aliphatic heterocycles. The van der Waals surface area contributed by atoms with Crippen LogP contribution in [0.5, 0.6) is 0 Å². The molecule has 2 N–H and O–H groups in total. The lowest BCUT2D eigenvalue weighted by atomic mass is 10.1. The first-order valence-electron chi connectivity index (χ1n) is 5.75. The average molecular weight is 227 g/mol. The van der Waals surface area contributed by atoms with Crippen LogP contribution in [-0.2, 0) is 0 Å². The lowest BCUT2D eigenvalue weighted by Crippen LogP contribution is -2.89. The fourth-order valence-electron chi connectivity index (χ4n) is 1.64. The van der Waals surface area contributed by atoms with Crippen LogP contribution >= 0.6 is 0 Å². The van der Waals surface area contributed by atoms with Gasteiger partial charge in [-0.3, -0.25) is 0 Å². The van der Waals surface area contributed by atoms with E-state index in [1.807, 2.05) is 26.0 Å². The Bertz CT molecular complexity index is 471. The molecule has 88 valence electrons. The fraction of sp³-hybridized carbons (Fsp3) is 0.200. The van der Waals surface area contributed by atoms with E-state index in [9.17, 15) is 5.21 Å². The van der Waals surface area contributed by atoms with Gasteiger partial charge in [-0.2, -0.15) is 0 Å². The van der Waals surface area contributed by atoms with Crippen molar-refractivity contribution in [1.82, 2.24) is 0 Å². The highest BCUT2D eigenvalue weighted by atomic mass is 16.5. The Morgan fingerprint density at radius 3 is 2.12 bits per heavy atom. The molecule has 2 heteroatoms. The molecule has 0 aromatic rings. The van der Waals surface area contributed by atoms with Crippen molar-refractivity contribution in [3.8, 4) is 11.1 Å². The predicted molar refractivity (Wildman–Crippen MR) is 71.5 cm³/mol. The van der Waals surface area contributed by atoms with Gasteiger partial charge in [0.15, 0.2) is 0 Å². The van der Waals surface area contributed by atoms with E-state index in [2.05, 4.69) is 42.5 Å². The van der Waals surface area contributed by atoms with E-state index < -0.39 is 5.54 Å². The van der Waals surface area contributed by atoms with E-state index in [4.69, 9.17) is 0 Å². The molecule has 0 spiro atoms. The third kappa shape index (κ3) is 2.93. The van der Waals surface area contributed by atoms with Crippen LogP contribution in [0.1, 0.15) is 19.4 Å². The normalized spacial score (nSPS) is 12.4. The van der Waals surface area contributed by atoms with Crippen molar-refractivity contribution in [2.75, 3.05) is 0 Å². The molecule has 0 aromatic heterocycles. The summed E-state index contributed by atoms with van der Waals surface area (Å²) in [5.41, 5.74) is 4.14. The minimum atomic E-state index is -0.400. The zero-order valence-electron chi connectivity index (χ0n) is 10.2. The standard InChI is InChI=1S/C15H17NO/c1-15(2,16-17)11-10-12-6-8-13-4-3-5-14(13)9-7-12/h3-11H,16H2,1-2H3. The number of nitrogens with two attached hydrogens (primary N) is 1. The summed E-state index contributed by atoms with van der Waals surface area (Å²) in [5, 5.41) is 10.8. The smallest absolute Gasteiger partial charge is 0.109 e. The predicted octanol–water partition coefficient (Wildman–Crippen LogP) is 2.64. The van der Waals surface area contributed by atoms with Gasteiger partial charge in [0.1, 0.15) is 5.54 Å². The van der Waals surface area contributed by atoms with Gasteiger partial charge in [0.2, 0.25) is 0 Å². The highest BCUT2D eigenvalue weighted by molar-refractivity contribution is 5.67. The Kier molecular flexibility index (Phi) is 3.27. The molecule has 0 bridgehead atoms. The number of quaternary nitrogens is 1. The summed E-state index contributed by atoms with van der Waals surface area (Å²) in [7, 11) is 0. The van der Waals surface area contributed by atoms with Crippen molar-refractivity contribution in [3.63, 3.8) is 0 Å². The molecule has 0 heterocycles. The van der Waals surface area contributed by atoms with E-state index >= 15 is 0 Å².